The second-order valence-corrected chi connectivity index (χ2v) is 6.48. The normalized spacial score (nSPS) is 22.8. The predicted octanol–water partition coefficient (Wildman–Crippen LogP) is 2.82. The van der Waals surface area contributed by atoms with Crippen LogP contribution in [-0.4, -0.2) is 38.3 Å². The lowest BCUT2D eigenvalue weighted by molar-refractivity contribution is -0.0194. The molecule has 1 spiro atoms. The summed E-state index contributed by atoms with van der Waals surface area (Å²) in [7, 11) is 0. The molecule has 134 valence electrons. The molecule has 2 fully saturated rings. The maximum absolute atomic E-state index is 12.8. The van der Waals surface area contributed by atoms with Crippen molar-refractivity contribution >= 4 is 36.6 Å². The average Bonchev–Trinajstić information content (AvgIpc) is 2.57. The summed E-state index contributed by atoms with van der Waals surface area (Å²) in [6.07, 6.45) is 3.52. The van der Waals surface area contributed by atoms with E-state index in [1.165, 1.54) is 5.56 Å². The number of hydrogen-bond donors (Lipinski definition) is 2. The number of ether oxygens (including phenoxy) is 1. The number of rotatable bonds is 1. The van der Waals surface area contributed by atoms with Crippen molar-refractivity contribution < 1.29 is 9.53 Å². The number of carbonyl (C=O) groups excluding carboxylic acids is 1. The van der Waals surface area contributed by atoms with Gasteiger partial charge in [-0.2, -0.15) is 0 Å². The van der Waals surface area contributed by atoms with Crippen LogP contribution in [0.4, 0.5) is 10.5 Å². The van der Waals surface area contributed by atoms with Gasteiger partial charge in [0.2, 0.25) is 0 Å². The summed E-state index contributed by atoms with van der Waals surface area (Å²) >= 11 is 0. The highest BCUT2D eigenvalue weighted by atomic mass is 35.5. The average molecular weight is 374 g/mol. The summed E-state index contributed by atoms with van der Waals surface area (Å²) in [5, 5.41) is 6.73. The Balaban J connectivity index is 0.00000104. The summed E-state index contributed by atoms with van der Waals surface area (Å²) in [5.74, 6) is 0. The Morgan fingerprint density at radius 2 is 1.62 bits per heavy atom. The molecule has 7 heteroatoms. The topological polar surface area (TPSA) is 53.6 Å². The maximum Gasteiger partial charge on any atom is 0.415 e. The largest absolute Gasteiger partial charge is 0.437 e. The van der Waals surface area contributed by atoms with E-state index in [1.54, 1.807) is 0 Å². The van der Waals surface area contributed by atoms with Gasteiger partial charge in [-0.3, -0.25) is 4.90 Å². The molecule has 2 N–H and O–H groups in total. The molecule has 24 heavy (non-hydrogen) atoms. The Labute approximate surface area is 155 Å². The zero-order chi connectivity index (χ0) is 15.0. The van der Waals surface area contributed by atoms with Gasteiger partial charge in [0, 0.05) is 24.4 Å². The molecule has 4 rings (SSSR count). The van der Waals surface area contributed by atoms with Crippen LogP contribution in [0, 0.1) is 0 Å². The monoisotopic (exact) mass is 373 g/mol. The number of piperidine rings is 2. The first-order valence-electron chi connectivity index (χ1n) is 8.33. The van der Waals surface area contributed by atoms with Gasteiger partial charge < -0.3 is 15.4 Å². The van der Waals surface area contributed by atoms with E-state index in [0.29, 0.717) is 0 Å². The lowest BCUT2D eigenvalue weighted by Gasteiger charge is -2.47. The number of para-hydroxylation sites is 1. The van der Waals surface area contributed by atoms with Gasteiger partial charge in [-0.1, -0.05) is 18.2 Å². The van der Waals surface area contributed by atoms with Crippen LogP contribution in [0.25, 0.3) is 0 Å². The molecule has 3 aliphatic rings. The Hall–Kier alpha value is -1.01. The number of hydrogen-bond acceptors (Lipinski definition) is 4. The van der Waals surface area contributed by atoms with E-state index in [4.69, 9.17) is 4.74 Å². The molecule has 0 unspecified atom stereocenters. The van der Waals surface area contributed by atoms with E-state index < -0.39 is 5.60 Å². The highest BCUT2D eigenvalue weighted by Crippen LogP contribution is 2.45. The van der Waals surface area contributed by atoms with Gasteiger partial charge >= 0.3 is 6.09 Å². The number of nitrogens with zero attached hydrogens (tertiary/aromatic N) is 1. The molecule has 0 atom stereocenters. The van der Waals surface area contributed by atoms with Crippen molar-refractivity contribution in [3.8, 4) is 0 Å². The molecular formula is C17H25Cl2N3O2. The molecular weight excluding hydrogens is 349 g/mol. The van der Waals surface area contributed by atoms with Crippen LogP contribution in [0.3, 0.4) is 0 Å². The first kappa shape index (κ1) is 19.3. The lowest BCUT2D eigenvalue weighted by Crippen LogP contribution is -2.55. The molecule has 1 aromatic rings. The molecule has 0 aromatic heterocycles. The van der Waals surface area contributed by atoms with E-state index in [1.807, 2.05) is 11.0 Å². The standard InChI is InChI=1S/C17H23N3O2.2ClH/c21-16-20(13-5-9-18-10-6-13)15-4-2-1-3-14(15)17(22-16)7-11-19-12-8-17;;/h1-4,13,18-19H,5-12H2;2*1H. The molecule has 0 aliphatic carbocycles. The summed E-state index contributed by atoms with van der Waals surface area (Å²) in [4.78, 5) is 14.7. The lowest BCUT2D eigenvalue weighted by atomic mass is 9.82. The van der Waals surface area contributed by atoms with E-state index in [9.17, 15) is 4.79 Å². The molecule has 3 aliphatic heterocycles. The number of nitrogens with one attached hydrogen (secondary N) is 2. The molecule has 0 saturated carbocycles. The third kappa shape index (κ3) is 3.23. The van der Waals surface area contributed by atoms with Crippen molar-refractivity contribution in [3.05, 3.63) is 29.8 Å². The fourth-order valence-electron chi connectivity index (χ4n) is 4.05. The minimum Gasteiger partial charge on any atom is -0.437 e. The number of carbonyl (C=O) groups is 1. The number of anilines is 1. The van der Waals surface area contributed by atoms with E-state index in [2.05, 4.69) is 28.8 Å². The van der Waals surface area contributed by atoms with Crippen LogP contribution >= 0.6 is 24.8 Å². The predicted molar refractivity (Wildman–Crippen MR) is 99.6 cm³/mol. The van der Waals surface area contributed by atoms with E-state index in [-0.39, 0.29) is 36.9 Å². The Morgan fingerprint density at radius 3 is 2.33 bits per heavy atom. The van der Waals surface area contributed by atoms with Gasteiger partial charge in [0.25, 0.3) is 0 Å². The van der Waals surface area contributed by atoms with Gasteiger partial charge in [-0.15, -0.1) is 24.8 Å². The first-order chi connectivity index (χ1) is 10.8. The van der Waals surface area contributed by atoms with E-state index >= 15 is 0 Å². The van der Waals surface area contributed by atoms with Crippen molar-refractivity contribution in [2.24, 2.45) is 0 Å². The molecule has 0 radical (unpaired) electrons. The van der Waals surface area contributed by atoms with Crippen molar-refractivity contribution in [1.29, 1.82) is 0 Å². The van der Waals surface area contributed by atoms with E-state index in [0.717, 1.165) is 57.5 Å². The second-order valence-electron chi connectivity index (χ2n) is 6.48. The minimum atomic E-state index is -0.428. The summed E-state index contributed by atoms with van der Waals surface area (Å²) < 4.78 is 6.03. The van der Waals surface area contributed by atoms with Crippen molar-refractivity contribution in [3.63, 3.8) is 0 Å². The van der Waals surface area contributed by atoms with Gasteiger partial charge in [0.15, 0.2) is 0 Å². The summed E-state index contributed by atoms with van der Waals surface area (Å²) in [6, 6.07) is 8.56. The fraction of sp³-hybridized carbons (Fsp3) is 0.588. The Morgan fingerprint density at radius 1 is 1.00 bits per heavy atom. The SMILES string of the molecule is Cl.Cl.O=C1OC2(CCNCC2)c2ccccc2N1C1CCNCC1. The third-order valence-electron chi connectivity index (χ3n) is 5.22. The van der Waals surface area contributed by atoms with Crippen LogP contribution in [0.2, 0.25) is 0 Å². The number of halogens is 2. The van der Waals surface area contributed by atoms with Crippen molar-refractivity contribution in [1.82, 2.24) is 10.6 Å². The van der Waals surface area contributed by atoms with Crippen molar-refractivity contribution in [2.45, 2.75) is 37.3 Å². The molecule has 1 aromatic carbocycles. The molecule has 5 nitrogen and oxygen atoms in total. The van der Waals surface area contributed by atoms with Crippen LogP contribution in [0.5, 0.6) is 0 Å². The van der Waals surface area contributed by atoms with Crippen LogP contribution < -0.4 is 15.5 Å². The van der Waals surface area contributed by atoms with Crippen LogP contribution in [0.15, 0.2) is 24.3 Å². The van der Waals surface area contributed by atoms with Crippen LogP contribution in [0.1, 0.15) is 31.2 Å². The zero-order valence-corrected chi connectivity index (χ0v) is 15.3. The van der Waals surface area contributed by atoms with Gasteiger partial charge in [-0.05, 0) is 45.1 Å². The van der Waals surface area contributed by atoms with Crippen molar-refractivity contribution in [2.75, 3.05) is 31.1 Å². The van der Waals surface area contributed by atoms with Crippen LogP contribution in [-0.2, 0) is 10.3 Å². The minimum absolute atomic E-state index is 0. The van der Waals surface area contributed by atoms with Gasteiger partial charge in [0.1, 0.15) is 5.60 Å². The quantitative estimate of drug-likeness (QED) is 0.794. The van der Waals surface area contributed by atoms with Gasteiger partial charge in [0.05, 0.1) is 5.69 Å². The number of fused-ring (bicyclic) bond motifs is 2. The molecule has 3 heterocycles. The molecule has 2 saturated heterocycles. The fourth-order valence-corrected chi connectivity index (χ4v) is 4.05. The molecule has 1 amide bonds. The smallest absolute Gasteiger partial charge is 0.415 e. The molecule has 0 bridgehead atoms. The maximum atomic E-state index is 12.8. The summed E-state index contributed by atoms with van der Waals surface area (Å²) in [5.41, 5.74) is 1.82. The second kappa shape index (κ2) is 7.91. The van der Waals surface area contributed by atoms with Gasteiger partial charge in [-0.25, -0.2) is 4.79 Å². The number of amides is 1. The summed E-state index contributed by atoms with van der Waals surface area (Å²) in [6.45, 7) is 3.72. The Kier molecular flexibility index (Phi) is 6.37. The number of benzene rings is 1. The highest BCUT2D eigenvalue weighted by Gasteiger charge is 2.47. The zero-order valence-electron chi connectivity index (χ0n) is 13.6. The first-order valence-corrected chi connectivity index (χ1v) is 8.33. The Bertz CT molecular complexity index is 573. The highest BCUT2D eigenvalue weighted by molar-refractivity contribution is 5.92. The third-order valence-corrected chi connectivity index (χ3v) is 5.22.